The second-order valence-corrected chi connectivity index (χ2v) is 5.26. The number of ether oxygens (including phenoxy) is 2. The van der Waals surface area contributed by atoms with Crippen LogP contribution in [0.3, 0.4) is 0 Å². The van der Waals surface area contributed by atoms with E-state index >= 15 is 0 Å². The Balaban J connectivity index is 1.98. The number of piperidine rings is 1. The molecule has 0 aliphatic carbocycles. The van der Waals surface area contributed by atoms with E-state index in [1.807, 2.05) is 6.07 Å². The normalized spacial score (nSPS) is 23.5. The van der Waals surface area contributed by atoms with Gasteiger partial charge in [0.05, 0.1) is 18.2 Å². The molecular formula is C14H18ClNO2. The molecule has 1 unspecified atom stereocenters. The fraction of sp³-hybridized carbons (Fsp3) is 0.571. The molecule has 4 heteroatoms. The second-order valence-electron chi connectivity index (χ2n) is 4.85. The van der Waals surface area contributed by atoms with Crippen molar-refractivity contribution in [2.24, 2.45) is 0 Å². The molecule has 2 aliphatic heterocycles. The Bertz CT molecular complexity index is 430. The molecular weight excluding hydrogens is 250 g/mol. The maximum absolute atomic E-state index is 6.20. The summed E-state index contributed by atoms with van der Waals surface area (Å²) < 4.78 is 11.6. The Morgan fingerprint density at radius 2 is 1.89 bits per heavy atom. The highest BCUT2D eigenvalue weighted by molar-refractivity contribution is 6.32. The van der Waals surface area contributed by atoms with Gasteiger partial charge in [-0.2, -0.15) is 0 Å². The molecule has 1 aromatic carbocycles. The highest BCUT2D eigenvalue weighted by Gasteiger charge is 2.24. The van der Waals surface area contributed by atoms with Crippen molar-refractivity contribution in [3.05, 3.63) is 22.7 Å². The minimum Gasteiger partial charge on any atom is -0.489 e. The van der Waals surface area contributed by atoms with Crippen molar-refractivity contribution in [1.29, 1.82) is 0 Å². The zero-order valence-corrected chi connectivity index (χ0v) is 11.1. The summed E-state index contributed by atoms with van der Waals surface area (Å²) in [4.78, 5) is 0. The number of benzene rings is 1. The highest BCUT2D eigenvalue weighted by atomic mass is 35.5. The van der Waals surface area contributed by atoms with E-state index in [1.54, 1.807) is 0 Å². The van der Waals surface area contributed by atoms with Crippen LogP contribution in [0, 0.1) is 0 Å². The largest absolute Gasteiger partial charge is 0.489 e. The number of rotatable bonds is 1. The van der Waals surface area contributed by atoms with Gasteiger partial charge in [0, 0.05) is 18.0 Å². The van der Waals surface area contributed by atoms with Gasteiger partial charge in [0.1, 0.15) is 0 Å². The van der Waals surface area contributed by atoms with Gasteiger partial charge in [-0.25, -0.2) is 0 Å². The molecule has 2 aliphatic rings. The monoisotopic (exact) mass is 267 g/mol. The number of halogens is 1. The molecule has 18 heavy (non-hydrogen) atoms. The lowest BCUT2D eigenvalue weighted by atomic mass is 9.96. The van der Waals surface area contributed by atoms with E-state index in [0.29, 0.717) is 24.3 Å². The van der Waals surface area contributed by atoms with Crippen LogP contribution in [0.5, 0.6) is 11.5 Å². The predicted octanol–water partition coefficient (Wildman–Crippen LogP) is 3.32. The molecule has 2 heterocycles. The third-order valence-electron chi connectivity index (χ3n) is 3.56. The van der Waals surface area contributed by atoms with Gasteiger partial charge in [-0.05, 0) is 25.5 Å². The average molecular weight is 268 g/mol. The average Bonchev–Trinajstić information content (AvgIpc) is 2.67. The van der Waals surface area contributed by atoms with Gasteiger partial charge in [-0.1, -0.05) is 24.1 Å². The van der Waals surface area contributed by atoms with Crippen molar-refractivity contribution < 1.29 is 9.47 Å². The summed E-state index contributed by atoms with van der Waals surface area (Å²) in [5.41, 5.74) is 1.19. The molecule has 0 radical (unpaired) electrons. The molecule has 3 rings (SSSR count). The first-order chi connectivity index (χ1) is 8.86. The fourth-order valence-corrected chi connectivity index (χ4v) is 2.84. The van der Waals surface area contributed by atoms with Crippen LogP contribution < -0.4 is 14.8 Å². The molecule has 0 bridgehead atoms. The molecule has 1 atom stereocenters. The molecule has 0 spiro atoms. The Labute approximate surface area is 112 Å². The summed E-state index contributed by atoms with van der Waals surface area (Å²) in [5.74, 6) is 1.57. The van der Waals surface area contributed by atoms with Gasteiger partial charge in [-0.15, -0.1) is 0 Å². The van der Waals surface area contributed by atoms with E-state index in [2.05, 4.69) is 11.4 Å². The summed E-state index contributed by atoms with van der Waals surface area (Å²) in [7, 11) is 0. The lowest BCUT2D eigenvalue weighted by Gasteiger charge is -2.26. The second kappa shape index (κ2) is 5.37. The number of nitrogens with one attached hydrogen (secondary N) is 1. The third-order valence-corrected chi connectivity index (χ3v) is 3.86. The number of hydrogen-bond donors (Lipinski definition) is 1. The summed E-state index contributed by atoms with van der Waals surface area (Å²) in [6.45, 7) is 2.45. The van der Waals surface area contributed by atoms with E-state index in [4.69, 9.17) is 21.1 Å². The van der Waals surface area contributed by atoms with Crippen molar-refractivity contribution in [2.75, 3.05) is 19.8 Å². The fourth-order valence-electron chi connectivity index (χ4n) is 2.64. The summed E-state index contributed by atoms with van der Waals surface area (Å²) in [6, 6.07) is 4.35. The van der Waals surface area contributed by atoms with Gasteiger partial charge in [0.25, 0.3) is 0 Å². The van der Waals surface area contributed by atoms with E-state index in [1.165, 1.54) is 18.4 Å². The standard InChI is InChI=1S/C14H18ClNO2/c15-11-6-5-10(12-4-1-2-7-16-12)13-14(11)18-9-3-8-17-13/h5-6,12,16H,1-4,7-9H2. The third kappa shape index (κ3) is 2.29. The van der Waals surface area contributed by atoms with Gasteiger partial charge in [0.2, 0.25) is 0 Å². The van der Waals surface area contributed by atoms with Crippen LogP contribution in [0.2, 0.25) is 5.02 Å². The topological polar surface area (TPSA) is 30.5 Å². The molecule has 1 aromatic rings. The zero-order valence-electron chi connectivity index (χ0n) is 10.4. The van der Waals surface area contributed by atoms with Crippen LogP contribution in [0.25, 0.3) is 0 Å². The minimum absolute atomic E-state index is 0.367. The molecule has 1 fully saturated rings. The van der Waals surface area contributed by atoms with Crippen LogP contribution in [-0.2, 0) is 0 Å². The van der Waals surface area contributed by atoms with Gasteiger partial charge >= 0.3 is 0 Å². The van der Waals surface area contributed by atoms with Crippen LogP contribution in [0.1, 0.15) is 37.3 Å². The van der Waals surface area contributed by atoms with Gasteiger partial charge < -0.3 is 14.8 Å². The van der Waals surface area contributed by atoms with Crippen LogP contribution in [-0.4, -0.2) is 19.8 Å². The molecule has 3 nitrogen and oxygen atoms in total. The molecule has 1 N–H and O–H groups in total. The molecule has 0 aromatic heterocycles. The van der Waals surface area contributed by atoms with Crippen LogP contribution in [0.4, 0.5) is 0 Å². The van der Waals surface area contributed by atoms with Crippen molar-refractivity contribution in [3.63, 3.8) is 0 Å². The summed E-state index contributed by atoms with van der Waals surface area (Å²) in [5, 5.41) is 4.19. The first-order valence-electron chi connectivity index (χ1n) is 6.67. The predicted molar refractivity (Wildman–Crippen MR) is 71.7 cm³/mol. The zero-order chi connectivity index (χ0) is 12.4. The van der Waals surface area contributed by atoms with Crippen molar-refractivity contribution in [1.82, 2.24) is 5.32 Å². The number of fused-ring (bicyclic) bond motifs is 1. The number of hydrogen-bond acceptors (Lipinski definition) is 3. The van der Waals surface area contributed by atoms with Crippen molar-refractivity contribution in [3.8, 4) is 11.5 Å². The van der Waals surface area contributed by atoms with Crippen molar-refractivity contribution >= 4 is 11.6 Å². The molecule has 0 amide bonds. The molecule has 1 saturated heterocycles. The van der Waals surface area contributed by atoms with Crippen LogP contribution >= 0.6 is 11.6 Å². The van der Waals surface area contributed by atoms with Crippen molar-refractivity contribution in [2.45, 2.75) is 31.7 Å². The Hall–Kier alpha value is -0.930. The minimum atomic E-state index is 0.367. The van der Waals surface area contributed by atoms with Gasteiger partial charge in [0.15, 0.2) is 11.5 Å². The van der Waals surface area contributed by atoms with Crippen LogP contribution in [0.15, 0.2) is 12.1 Å². The lowest BCUT2D eigenvalue weighted by molar-refractivity contribution is 0.293. The Kier molecular flexibility index (Phi) is 3.62. The quantitative estimate of drug-likeness (QED) is 0.847. The summed E-state index contributed by atoms with van der Waals surface area (Å²) >= 11 is 6.20. The maximum Gasteiger partial charge on any atom is 0.180 e. The SMILES string of the molecule is Clc1ccc(C2CCCCN2)c2c1OCCCO2. The Morgan fingerprint density at radius 3 is 2.67 bits per heavy atom. The lowest BCUT2D eigenvalue weighted by Crippen LogP contribution is -2.27. The Morgan fingerprint density at radius 1 is 1.06 bits per heavy atom. The highest BCUT2D eigenvalue weighted by Crippen LogP contribution is 2.43. The first kappa shape index (κ1) is 12.1. The first-order valence-corrected chi connectivity index (χ1v) is 7.05. The smallest absolute Gasteiger partial charge is 0.180 e. The van der Waals surface area contributed by atoms with E-state index < -0.39 is 0 Å². The van der Waals surface area contributed by atoms with E-state index in [9.17, 15) is 0 Å². The maximum atomic E-state index is 6.20. The molecule has 98 valence electrons. The summed E-state index contributed by atoms with van der Waals surface area (Å²) in [6.07, 6.45) is 4.57. The van der Waals surface area contributed by atoms with Gasteiger partial charge in [-0.3, -0.25) is 0 Å². The van der Waals surface area contributed by atoms with E-state index in [-0.39, 0.29) is 0 Å². The molecule has 0 saturated carbocycles. The van der Waals surface area contributed by atoms with E-state index in [0.717, 1.165) is 30.9 Å².